The highest BCUT2D eigenvalue weighted by Gasteiger charge is 2.21. The van der Waals surface area contributed by atoms with Gasteiger partial charge in [0.05, 0.1) is 0 Å². The summed E-state index contributed by atoms with van der Waals surface area (Å²) >= 11 is 0. The van der Waals surface area contributed by atoms with E-state index in [2.05, 4.69) is 15.5 Å². The van der Waals surface area contributed by atoms with E-state index in [1.807, 2.05) is 12.1 Å². The smallest absolute Gasteiger partial charge is 0.229 e. The van der Waals surface area contributed by atoms with Crippen molar-refractivity contribution in [2.75, 3.05) is 13.1 Å². The van der Waals surface area contributed by atoms with Gasteiger partial charge in [-0.3, -0.25) is 0 Å². The Balaban J connectivity index is 1.70. The van der Waals surface area contributed by atoms with Crippen LogP contribution in [0.4, 0.5) is 0 Å². The summed E-state index contributed by atoms with van der Waals surface area (Å²) in [5.74, 6) is 2.07. The molecule has 5 nitrogen and oxygen atoms in total. The number of piperidine rings is 1. The molecule has 0 spiro atoms. The summed E-state index contributed by atoms with van der Waals surface area (Å²) in [6, 6.07) is 7.14. The molecule has 1 saturated heterocycles. The second kappa shape index (κ2) is 5.40. The summed E-state index contributed by atoms with van der Waals surface area (Å²) in [4.78, 5) is 4.47. The Morgan fingerprint density at radius 3 is 2.95 bits per heavy atom. The molecule has 0 atom stereocenters. The third-order valence-corrected chi connectivity index (χ3v) is 3.44. The Hall–Kier alpha value is -1.88. The van der Waals surface area contributed by atoms with E-state index >= 15 is 0 Å². The van der Waals surface area contributed by atoms with Crippen molar-refractivity contribution in [1.82, 2.24) is 15.5 Å². The molecule has 2 N–H and O–H groups in total. The molecule has 0 radical (unpaired) electrons. The molecule has 0 aliphatic carbocycles. The quantitative estimate of drug-likeness (QED) is 0.880. The van der Waals surface area contributed by atoms with E-state index < -0.39 is 0 Å². The fraction of sp³-hybridized carbons (Fsp3) is 0.429. The average Bonchev–Trinajstić information content (AvgIpc) is 2.88. The normalized spacial score (nSPS) is 16.6. The van der Waals surface area contributed by atoms with Gasteiger partial charge >= 0.3 is 0 Å². The van der Waals surface area contributed by atoms with Gasteiger partial charge in [-0.2, -0.15) is 4.98 Å². The topological polar surface area (TPSA) is 71.2 Å². The van der Waals surface area contributed by atoms with Gasteiger partial charge in [-0.05, 0) is 43.6 Å². The molecule has 100 valence electrons. The zero-order valence-electron chi connectivity index (χ0n) is 10.7. The van der Waals surface area contributed by atoms with Crippen LogP contribution in [0.1, 0.15) is 36.0 Å². The van der Waals surface area contributed by atoms with E-state index in [9.17, 15) is 5.11 Å². The van der Waals surface area contributed by atoms with E-state index in [4.69, 9.17) is 4.52 Å². The summed E-state index contributed by atoms with van der Waals surface area (Å²) in [7, 11) is 0. The maximum absolute atomic E-state index is 9.43. The number of phenols is 1. The van der Waals surface area contributed by atoms with Crippen LogP contribution in [-0.4, -0.2) is 28.3 Å². The number of rotatable bonds is 3. The maximum Gasteiger partial charge on any atom is 0.229 e. The average molecular weight is 259 g/mol. The zero-order valence-corrected chi connectivity index (χ0v) is 10.7. The highest BCUT2D eigenvalue weighted by molar-refractivity contribution is 5.28. The molecule has 0 bridgehead atoms. The van der Waals surface area contributed by atoms with Gasteiger partial charge in [0.2, 0.25) is 5.89 Å². The number of hydrogen-bond acceptors (Lipinski definition) is 5. The van der Waals surface area contributed by atoms with E-state index in [-0.39, 0.29) is 5.75 Å². The monoisotopic (exact) mass is 259 g/mol. The lowest BCUT2D eigenvalue weighted by Gasteiger charge is -2.18. The maximum atomic E-state index is 9.43. The Morgan fingerprint density at radius 2 is 2.16 bits per heavy atom. The van der Waals surface area contributed by atoms with Gasteiger partial charge in [-0.1, -0.05) is 17.3 Å². The van der Waals surface area contributed by atoms with Crippen molar-refractivity contribution in [2.45, 2.75) is 25.2 Å². The van der Waals surface area contributed by atoms with Gasteiger partial charge in [-0.25, -0.2) is 0 Å². The Kier molecular flexibility index (Phi) is 3.46. The van der Waals surface area contributed by atoms with Crippen LogP contribution in [0.5, 0.6) is 5.75 Å². The van der Waals surface area contributed by atoms with Gasteiger partial charge in [0, 0.05) is 12.3 Å². The number of benzene rings is 1. The van der Waals surface area contributed by atoms with E-state index in [0.717, 1.165) is 37.4 Å². The first-order valence-electron chi connectivity index (χ1n) is 6.62. The number of aromatic nitrogens is 2. The predicted molar refractivity (Wildman–Crippen MR) is 70.1 cm³/mol. The van der Waals surface area contributed by atoms with Crippen molar-refractivity contribution in [3.05, 3.63) is 41.5 Å². The van der Waals surface area contributed by atoms with E-state index in [1.54, 1.807) is 12.1 Å². The molecule has 0 saturated carbocycles. The third-order valence-electron chi connectivity index (χ3n) is 3.44. The summed E-state index contributed by atoms with van der Waals surface area (Å²) < 4.78 is 5.36. The second-order valence-electron chi connectivity index (χ2n) is 4.92. The van der Waals surface area contributed by atoms with Crippen LogP contribution >= 0.6 is 0 Å². The SMILES string of the molecule is Oc1cccc(Cc2noc(C3CCNCC3)n2)c1. The van der Waals surface area contributed by atoms with Gasteiger partial charge in [0.15, 0.2) is 5.82 Å². The first kappa shape index (κ1) is 12.2. The van der Waals surface area contributed by atoms with Crippen molar-refractivity contribution < 1.29 is 9.63 Å². The molecule has 1 aromatic carbocycles. The molecule has 2 aromatic rings. The predicted octanol–water partition coefficient (Wildman–Crippen LogP) is 1.83. The minimum absolute atomic E-state index is 0.263. The molecule has 5 heteroatoms. The second-order valence-corrected chi connectivity index (χ2v) is 4.92. The fourth-order valence-corrected chi connectivity index (χ4v) is 2.42. The van der Waals surface area contributed by atoms with Crippen LogP contribution in [0.2, 0.25) is 0 Å². The molecular formula is C14H17N3O2. The summed E-state index contributed by atoms with van der Waals surface area (Å²) in [5, 5.41) is 16.8. The van der Waals surface area contributed by atoms with Crippen LogP contribution in [0.25, 0.3) is 0 Å². The van der Waals surface area contributed by atoms with Crippen LogP contribution in [0.15, 0.2) is 28.8 Å². The van der Waals surface area contributed by atoms with Crippen molar-refractivity contribution >= 4 is 0 Å². The fourth-order valence-electron chi connectivity index (χ4n) is 2.42. The standard InChI is InChI=1S/C14H17N3O2/c18-12-3-1-2-10(8-12)9-13-16-14(19-17-13)11-4-6-15-7-5-11/h1-3,8,11,15,18H,4-7,9H2. The third kappa shape index (κ3) is 2.93. The van der Waals surface area contributed by atoms with Crippen molar-refractivity contribution in [3.8, 4) is 5.75 Å². The number of nitrogens with zero attached hydrogens (tertiary/aromatic N) is 2. The molecule has 1 aliphatic rings. The number of aromatic hydroxyl groups is 1. The number of hydrogen-bond donors (Lipinski definition) is 2. The van der Waals surface area contributed by atoms with Gasteiger partial charge in [0.1, 0.15) is 5.75 Å². The molecule has 19 heavy (non-hydrogen) atoms. The molecule has 2 heterocycles. The lowest BCUT2D eigenvalue weighted by Crippen LogP contribution is -2.26. The van der Waals surface area contributed by atoms with Crippen LogP contribution in [0.3, 0.4) is 0 Å². The minimum Gasteiger partial charge on any atom is -0.508 e. The zero-order chi connectivity index (χ0) is 13.1. The molecule has 0 unspecified atom stereocenters. The minimum atomic E-state index is 0.263. The number of nitrogens with one attached hydrogen (secondary N) is 1. The Bertz CT molecular complexity index is 547. The molecule has 0 amide bonds. The summed E-state index contributed by atoms with van der Waals surface area (Å²) in [6.07, 6.45) is 2.68. The molecule has 3 rings (SSSR count). The number of phenolic OH excluding ortho intramolecular Hbond substituents is 1. The van der Waals surface area contributed by atoms with Crippen molar-refractivity contribution in [2.24, 2.45) is 0 Å². The lowest BCUT2D eigenvalue weighted by molar-refractivity contribution is 0.318. The van der Waals surface area contributed by atoms with Crippen molar-refractivity contribution in [1.29, 1.82) is 0 Å². The van der Waals surface area contributed by atoms with Crippen LogP contribution in [-0.2, 0) is 6.42 Å². The van der Waals surface area contributed by atoms with Crippen molar-refractivity contribution in [3.63, 3.8) is 0 Å². The first-order chi connectivity index (χ1) is 9.31. The molecular weight excluding hydrogens is 242 g/mol. The largest absolute Gasteiger partial charge is 0.508 e. The van der Waals surface area contributed by atoms with Gasteiger partial charge in [-0.15, -0.1) is 0 Å². The molecule has 1 aromatic heterocycles. The lowest BCUT2D eigenvalue weighted by atomic mass is 9.98. The van der Waals surface area contributed by atoms with Crippen LogP contribution < -0.4 is 5.32 Å². The molecule has 1 fully saturated rings. The van der Waals surface area contributed by atoms with E-state index in [1.165, 1.54) is 0 Å². The van der Waals surface area contributed by atoms with Crippen LogP contribution in [0, 0.1) is 0 Å². The van der Waals surface area contributed by atoms with Gasteiger partial charge < -0.3 is 14.9 Å². The van der Waals surface area contributed by atoms with Gasteiger partial charge in [0.25, 0.3) is 0 Å². The van der Waals surface area contributed by atoms with E-state index in [0.29, 0.717) is 18.2 Å². The first-order valence-corrected chi connectivity index (χ1v) is 6.62. The summed E-state index contributed by atoms with van der Waals surface area (Å²) in [5.41, 5.74) is 0.984. The molecule has 1 aliphatic heterocycles. The summed E-state index contributed by atoms with van der Waals surface area (Å²) in [6.45, 7) is 2.02. The highest BCUT2D eigenvalue weighted by Crippen LogP contribution is 2.24. The Labute approximate surface area is 111 Å². The highest BCUT2D eigenvalue weighted by atomic mass is 16.5. The Morgan fingerprint density at radius 1 is 1.32 bits per heavy atom.